The second-order valence-electron chi connectivity index (χ2n) is 7.22. The minimum absolute atomic E-state index is 0.107. The van der Waals surface area contributed by atoms with Crippen LogP contribution in [-0.4, -0.2) is 18.5 Å². The summed E-state index contributed by atoms with van der Waals surface area (Å²) in [5.41, 5.74) is 8.14. The summed E-state index contributed by atoms with van der Waals surface area (Å²) in [5.74, 6) is -0.107. The molecule has 1 rings (SSSR count). The van der Waals surface area contributed by atoms with Gasteiger partial charge in [0.2, 0.25) is 5.91 Å². The molecule has 0 fully saturated rings. The molecule has 1 aromatic carbocycles. The average Bonchev–Trinajstić information content (AvgIpc) is 2.35. The molecule has 0 aliphatic rings. The van der Waals surface area contributed by atoms with Gasteiger partial charge >= 0.3 is 0 Å². The summed E-state index contributed by atoms with van der Waals surface area (Å²) >= 11 is 0. The molecule has 0 saturated heterocycles. The lowest BCUT2D eigenvalue weighted by atomic mass is 9.81. The Kier molecular flexibility index (Phi) is 4.98. The predicted octanol–water partition coefficient (Wildman–Crippen LogP) is 2.73. The lowest BCUT2D eigenvalue weighted by molar-refractivity contribution is -0.122. The van der Waals surface area contributed by atoms with E-state index < -0.39 is 6.04 Å². The summed E-state index contributed by atoms with van der Waals surface area (Å²) in [6, 6.07) is 8.18. The Bertz CT molecular complexity index is 453. The molecule has 3 nitrogen and oxygen atoms in total. The topological polar surface area (TPSA) is 55.1 Å². The molecule has 0 aliphatic carbocycles. The van der Waals surface area contributed by atoms with Crippen molar-refractivity contribution in [2.45, 2.75) is 58.4 Å². The maximum atomic E-state index is 11.6. The van der Waals surface area contributed by atoms with Gasteiger partial charge in [0.15, 0.2) is 0 Å². The first-order valence-corrected chi connectivity index (χ1v) is 7.18. The lowest BCUT2D eigenvalue weighted by Crippen LogP contribution is -2.43. The molecule has 0 spiro atoms. The molecule has 3 N–H and O–H groups in total. The number of amides is 1. The molecule has 112 valence electrons. The maximum Gasteiger partial charge on any atom is 0.236 e. The van der Waals surface area contributed by atoms with Crippen LogP contribution < -0.4 is 11.1 Å². The fourth-order valence-electron chi connectivity index (χ4n) is 1.99. The molecule has 20 heavy (non-hydrogen) atoms. The summed E-state index contributed by atoms with van der Waals surface area (Å²) < 4.78 is 0. The van der Waals surface area contributed by atoms with Gasteiger partial charge in [-0.25, -0.2) is 0 Å². The lowest BCUT2D eigenvalue weighted by Gasteiger charge is -2.27. The van der Waals surface area contributed by atoms with E-state index in [1.54, 1.807) is 6.92 Å². The molecule has 0 aliphatic heterocycles. The van der Waals surface area contributed by atoms with Gasteiger partial charge in [-0.2, -0.15) is 0 Å². The van der Waals surface area contributed by atoms with Crippen molar-refractivity contribution in [1.29, 1.82) is 0 Å². The second-order valence-corrected chi connectivity index (χ2v) is 7.22. The number of nitrogens with two attached hydrogens (primary N) is 1. The van der Waals surface area contributed by atoms with E-state index in [1.807, 2.05) is 0 Å². The van der Waals surface area contributed by atoms with Crippen molar-refractivity contribution >= 4 is 5.91 Å². The van der Waals surface area contributed by atoms with E-state index in [2.05, 4.69) is 64.2 Å². The summed E-state index contributed by atoms with van der Waals surface area (Å²) in [5, 5.41) is 2.90. The summed E-state index contributed by atoms with van der Waals surface area (Å²) in [6.07, 6.45) is 0. The van der Waals surface area contributed by atoms with Crippen molar-refractivity contribution in [2.75, 3.05) is 6.54 Å². The van der Waals surface area contributed by atoms with E-state index in [0.717, 1.165) is 0 Å². The number of rotatable bonds is 4. The fraction of sp³-hybridized carbons (Fsp3) is 0.588. The third-order valence-corrected chi connectivity index (χ3v) is 3.65. The summed E-state index contributed by atoms with van der Waals surface area (Å²) in [4.78, 5) is 11.6. The molecule has 1 atom stereocenters. The van der Waals surface area contributed by atoms with Crippen molar-refractivity contribution in [3.8, 4) is 0 Å². The molecule has 1 aromatic rings. The van der Waals surface area contributed by atoms with Crippen molar-refractivity contribution < 1.29 is 4.79 Å². The van der Waals surface area contributed by atoms with Crippen LogP contribution in [0, 0.1) is 0 Å². The summed E-state index contributed by atoms with van der Waals surface area (Å²) in [6.45, 7) is 13.1. The first kappa shape index (κ1) is 16.7. The number of carbonyl (C=O) groups excluding carboxylic acids is 1. The minimum Gasteiger partial charge on any atom is -0.354 e. The van der Waals surface area contributed by atoms with Crippen LogP contribution in [0.25, 0.3) is 0 Å². The van der Waals surface area contributed by atoms with Gasteiger partial charge in [0.25, 0.3) is 0 Å². The van der Waals surface area contributed by atoms with E-state index in [-0.39, 0.29) is 16.7 Å². The Balaban J connectivity index is 2.80. The molecule has 1 unspecified atom stereocenters. The highest BCUT2D eigenvalue weighted by atomic mass is 16.2. The van der Waals surface area contributed by atoms with Crippen LogP contribution in [0.4, 0.5) is 0 Å². The van der Waals surface area contributed by atoms with Crippen molar-refractivity contribution in [1.82, 2.24) is 5.32 Å². The van der Waals surface area contributed by atoms with Crippen molar-refractivity contribution in [2.24, 2.45) is 5.73 Å². The largest absolute Gasteiger partial charge is 0.354 e. The Labute approximate surface area is 122 Å². The van der Waals surface area contributed by atoms with Crippen LogP contribution in [0.3, 0.4) is 0 Å². The van der Waals surface area contributed by atoms with Crippen molar-refractivity contribution in [3.05, 3.63) is 35.4 Å². The van der Waals surface area contributed by atoms with Gasteiger partial charge in [-0.1, -0.05) is 58.9 Å². The first-order valence-electron chi connectivity index (χ1n) is 7.18. The number of hydrogen-bond acceptors (Lipinski definition) is 2. The number of carbonyl (C=O) groups is 1. The number of benzene rings is 1. The van der Waals surface area contributed by atoms with Gasteiger partial charge in [-0.05, 0) is 23.5 Å². The van der Waals surface area contributed by atoms with E-state index >= 15 is 0 Å². The minimum atomic E-state index is -0.464. The third-order valence-electron chi connectivity index (χ3n) is 3.65. The van der Waals surface area contributed by atoms with Crippen LogP contribution in [0.1, 0.15) is 52.7 Å². The van der Waals surface area contributed by atoms with E-state index in [9.17, 15) is 4.79 Å². The van der Waals surface area contributed by atoms with Gasteiger partial charge in [-0.15, -0.1) is 0 Å². The van der Waals surface area contributed by atoms with Gasteiger partial charge in [-0.3, -0.25) is 4.79 Å². The van der Waals surface area contributed by atoms with Gasteiger partial charge < -0.3 is 11.1 Å². The predicted molar refractivity (Wildman–Crippen MR) is 84.8 cm³/mol. The van der Waals surface area contributed by atoms with E-state index in [1.165, 1.54) is 11.1 Å². The molecule has 0 saturated carbocycles. The van der Waals surface area contributed by atoms with Crippen LogP contribution >= 0.6 is 0 Å². The SMILES string of the molecule is CC(N)C(=O)NCC(C)(C)c1ccc(C(C)(C)C)cc1. The Morgan fingerprint density at radius 3 is 1.95 bits per heavy atom. The zero-order valence-electron chi connectivity index (χ0n) is 13.6. The third kappa shape index (κ3) is 4.34. The zero-order valence-corrected chi connectivity index (χ0v) is 13.6. The highest BCUT2D eigenvalue weighted by Gasteiger charge is 2.23. The van der Waals surface area contributed by atoms with Crippen LogP contribution in [-0.2, 0) is 15.6 Å². The molecular formula is C17H28N2O. The highest BCUT2D eigenvalue weighted by Crippen LogP contribution is 2.27. The maximum absolute atomic E-state index is 11.6. The molecule has 0 aromatic heterocycles. The molecule has 0 bridgehead atoms. The summed E-state index contributed by atoms with van der Waals surface area (Å²) in [7, 11) is 0. The van der Waals surface area contributed by atoms with Gasteiger partial charge in [0, 0.05) is 12.0 Å². The van der Waals surface area contributed by atoms with E-state index in [4.69, 9.17) is 5.73 Å². The Morgan fingerprint density at radius 2 is 1.55 bits per heavy atom. The fourth-order valence-corrected chi connectivity index (χ4v) is 1.99. The van der Waals surface area contributed by atoms with Crippen LogP contribution in [0.2, 0.25) is 0 Å². The van der Waals surface area contributed by atoms with Crippen LogP contribution in [0.15, 0.2) is 24.3 Å². The molecule has 3 heteroatoms. The number of nitrogens with one attached hydrogen (secondary N) is 1. The van der Waals surface area contributed by atoms with Gasteiger partial charge in [0.1, 0.15) is 0 Å². The average molecular weight is 276 g/mol. The molecule has 1 amide bonds. The quantitative estimate of drug-likeness (QED) is 0.888. The Hall–Kier alpha value is -1.35. The van der Waals surface area contributed by atoms with Crippen LogP contribution in [0.5, 0.6) is 0 Å². The standard InChI is InChI=1S/C17H28N2O/c1-12(18)15(20)19-11-17(5,6)14-9-7-13(8-10-14)16(2,3)4/h7-10,12H,11,18H2,1-6H3,(H,19,20). The second kappa shape index (κ2) is 5.96. The normalized spacial score (nSPS) is 13.9. The number of hydrogen-bond donors (Lipinski definition) is 2. The molecule has 0 radical (unpaired) electrons. The Morgan fingerprint density at radius 1 is 1.10 bits per heavy atom. The zero-order chi connectivity index (χ0) is 15.6. The van der Waals surface area contributed by atoms with Crippen molar-refractivity contribution in [3.63, 3.8) is 0 Å². The van der Waals surface area contributed by atoms with E-state index in [0.29, 0.717) is 6.54 Å². The highest BCUT2D eigenvalue weighted by molar-refractivity contribution is 5.81. The molecule has 0 heterocycles. The first-order chi connectivity index (χ1) is 9.04. The van der Waals surface area contributed by atoms with Gasteiger partial charge in [0.05, 0.1) is 6.04 Å². The molecular weight excluding hydrogens is 248 g/mol. The smallest absolute Gasteiger partial charge is 0.236 e. The monoisotopic (exact) mass is 276 g/mol.